The molecule has 1 aliphatic carbocycles. The average Bonchev–Trinajstić information content (AvgIpc) is 3.00. The molecule has 4 aromatic carbocycles. The van der Waals surface area contributed by atoms with Gasteiger partial charge in [0.25, 0.3) is 6.47 Å². The molecule has 0 saturated heterocycles. The average molecular weight is 537 g/mol. The van der Waals surface area contributed by atoms with Crippen LogP contribution in [0, 0.1) is 25.7 Å². The number of carbonyl (C=O) groups excluding carboxylic acids is 2. The fourth-order valence-corrected chi connectivity index (χ4v) is 4.48. The van der Waals surface area contributed by atoms with Crippen molar-refractivity contribution in [3.63, 3.8) is 0 Å². The quantitative estimate of drug-likeness (QED) is 0.231. The maximum Gasteiger partial charge on any atom is 0.298 e. The van der Waals surface area contributed by atoms with Crippen LogP contribution in [0.1, 0.15) is 43.7 Å². The summed E-state index contributed by atoms with van der Waals surface area (Å²) in [7, 11) is 1.68. The van der Waals surface area contributed by atoms with Crippen molar-refractivity contribution in [2.45, 2.75) is 46.5 Å². The standard InChI is InChI=1S/C14H12O2.C14H14O.C8H14O/c1-11-2-4-12(5-3-11)13-6-8-14(9-7-13)16-10-15;1-11-3-5-12(6-4-11)13-7-9-14(15-2)10-8-13;1-7-2-4-8(6-9)5-3-7/h2-10H,1H3;3-10H,1-2H3;6-8H,2-5H2,1H3. The first-order valence-corrected chi connectivity index (χ1v) is 13.9. The summed E-state index contributed by atoms with van der Waals surface area (Å²) in [5, 5.41) is 0. The molecule has 1 saturated carbocycles. The SMILES string of the molecule is CC1CCC(C=O)CC1.COc1ccc(-c2ccc(C)cc2)cc1.Cc1ccc(-c2ccc(OC=O)cc2)cc1. The van der Waals surface area contributed by atoms with Crippen molar-refractivity contribution in [1.29, 1.82) is 0 Å². The summed E-state index contributed by atoms with van der Waals surface area (Å²) in [5.41, 5.74) is 7.25. The van der Waals surface area contributed by atoms with E-state index >= 15 is 0 Å². The fraction of sp³-hybridized carbons (Fsp3) is 0.278. The van der Waals surface area contributed by atoms with Crippen LogP contribution in [0.5, 0.6) is 11.5 Å². The minimum absolute atomic E-state index is 0.390. The maximum absolute atomic E-state index is 10.3. The molecule has 0 spiro atoms. The monoisotopic (exact) mass is 536 g/mol. The summed E-state index contributed by atoms with van der Waals surface area (Å²) >= 11 is 0. The van der Waals surface area contributed by atoms with Crippen LogP contribution in [0.3, 0.4) is 0 Å². The van der Waals surface area contributed by atoms with Crippen LogP contribution in [0.15, 0.2) is 97.1 Å². The lowest BCUT2D eigenvalue weighted by atomic mass is 9.84. The Kier molecular flexibility index (Phi) is 12.2. The Balaban J connectivity index is 0.000000172. The highest BCUT2D eigenvalue weighted by atomic mass is 16.5. The maximum atomic E-state index is 10.3. The number of aldehydes is 1. The summed E-state index contributed by atoms with van der Waals surface area (Å²) in [6.07, 6.45) is 5.88. The number of hydrogen-bond donors (Lipinski definition) is 0. The van der Waals surface area contributed by atoms with E-state index in [1.165, 1.54) is 35.1 Å². The first kappa shape index (κ1) is 30.4. The summed E-state index contributed by atoms with van der Waals surface area (Å²) in [6.45, 7) is 6.85. The van der Waals surface area contributed by atoms with Gasteiger partial charge in [-0.3, -0.25) is 4.79 Å². The largest absolute Gasteiger partial charge is 0.497 e. The molecule has 1 fully saturated rings. The molecule has 0 bridgehead atoms. The number of aryl methyl sites for hydroxylation is 2. The number of carbonyl (C=O) groups is 2. The molecule has 0 atom stereocenters. The molecule has 0 unspecified atom stereocenters. The summed E-state index contributed by atoms with van der Waals surface area (Å²) < 4.78 is 9.86. The Morgan fingerprint density at radius 1 is 0.575 bits per heavy atom. The number of benzene rings is 4. The Morgan fingerprint density at radius 3 is 1.30 bits per heavy atom. The second-order valence-electron chi connectivity index (χ2n) is 10.4. The van der Waals surface area contributed by atoms with Gasteiger partial charge in [0.1, 0.15) is 17.8 Å². The molecule has 0 aliphatic heterocycles. The van der Waals surface area contributed by atoms with E-state index in [-0.39, 0.29) is 0 Å². The van der Waals surface area contributed by atoms with Crippen molar-refractivity contribution >= 4 is 12.8 Å². The Labute approximate surface area is 239 Å². The molecule has 1 aliphatic rings. The van der Waals surface area contributed by atoms with E-state index in [9.17, 15) is 9.59 Å². The smallest absolute Gasteiger partial charge is 0.298 e. The highest BCUT2D eigenvalue weighted by Crippen LogP contribution is 2.26. The van der Waals surface area contributed by atoms with Crippen LogP contribution in [-0.2, 0) is 9.59 Å². The van der Waals surface area contributed by atoms with Crippen molar-refractivity contribution in [3.8, 4) is 33.8 Å². The Bertz CT molecular complexity index is 1280. The zero-order valence-corrected chi connectivity index (χ0v) is 24.0. The van der Waals surface area contributed by atoms with Crippen molar-refractivity contribution in [3.05, 3.63) is 108 Å². The van der Waals surface area contributed by atoms with Crippen LogP contribution < -0.4 is 9.47 Å². The molecular formula is C36H40O4. The van der Waals surface area contributed by atoms with Crippen molar-refractivity contribution in [1.82, 2.24) is 0 Å². The lowest BCUT2D eigenvalue weighted by Gasteiger charge is -2.21. The fourth-order valence-electron chi connectivity index (χ4n) is 4.48. The Morgan fingerprint density at radius 2 is 0.950 bits per heavy atom. The van der Waals surface area contributed by atoms with Gasteiger partial charge in [0.2, 0.25) is 0 Å². The molecule has 0 amide bonds. The van der Waals surface area contributed by atoms with Gasteiger partial charge in [-0.2, -0.15) is 0 Å². The first-order valence-electron chi connectivity index (χ1n) is 13.9. The van der Waals surface area contributed by atoms with E-state index in [1.807, 2.05) is 24.3 Å². The van der Waals surface area contributed by atoms with Crippen molar-refractivity contribution in [2.75, 3.05) is 7.11 Å². The van der Waals surface area contributed by atoms with Crippen LogP contribution in [0.4, 0.5) is 0 Å². The van der Waals surface area contributed by atoms with E-state index in [0.29, 0.717) is 18.1 Å². The van der Waals surface area contributed by atoms with Gasteiger partial charge < -0.3 is 14.3 Å². The van der Waals surface area contributed by atoms with Gasteiger partial charge in [0.05, 0.1) is 7.11 Å². The molecule has 208 valence electrons. The molecule has 0 aromatic heterocycles. The number of methoxy groups -OCH3 is 1. The van der Waals surface area contributed by atoms with Gasteiger partial charge in [-0.25, -0.2) is 0 Å². The summed E-state index contributed by atoms with van der Waals surface area (Å²) in [4.78, 5) is 20.4. The highest BCUT2D eigenvalue weighted by Gasteiger charge is 2.16. The lowest BCUT2D eigenvalue weighted by molar-refractivity contribution is -0.120. The van der Waals surface area contributed by atoms with Crippen LogP contribution in [0.25, 0.3) is 22.3 Å². The van der Waals surface area contributed by atoms with E-state index in [4.69, 9.17) is 9.47 Å². The zero-order chi connectivity index (χ0) is 28.7. The van der Waals surface area contributed by atoms with Crippen LogP contribution in [0.2, 0.25) is 0 Å². The molecule has 0 N–H and O–H groups in total. The molecule has 4 heteroatoms. The van der Waals surface area contributed by atoms with Crippen LogP contribution >= 0.6 is 0 Å². The van der Waals surface area contributed by atoms with Gasteiger partial charge >= 0.3 is 0 Å². The number of rotatable bonds is 6. The minimum Gasteiger partial charge on any atom is -0.497 e. The molecule has 5 rings (SSSR count). The Hall–Kier alpha value is -4.18. The zero-order valence-electron chi connectivity index (χ0n) is 24.0. The molecular weight excluding hydrogens is 496 g/mol. The van der Waals surface area contributed by atoms with E-state index in [2.05, 4.69) is 81.4 Å². The van der Waals surface area contributed by atoms with Crippen molar-refractivity contribution < 1.29 is 19.1 Å². The molecule has 0 heterocycles. The highest BCUT2D eigenvalue weighted by molar-refractivity contribution is 5.65. The van der Waals surface area contributed by atoms with E-state index in [1.54, 1.807) is 19.2 Å². The van der Waals surface area contributed by atoms with Gasteiger partial charge in [-0.15, -0.1) is 0 Å². The third-order valence-electron chi connectivity index (χ3n) is 7.15. The third kappa shape index (κ3) is 9.85. The number of ether oxygens (including phenoxy) is 2. The predicted octanol–water partition coefficient (Wildman–Crippen LogP) is 8.88. The topological polar surface area (TPSA) is 52.6 Å². The normalized spacial score (nSPS) is 15.8. The van der Waals surface area contributed by atoms with Gasteiger partial charge in [0, 0.05) is 5.92 Å². The first-order chi connectivity index (χ1) is 19.4. The van der Waals surface area contributed by atoms with Gasteiger partial charge in [-0.05, 0) is 79.1 Å². The third-order valence-corrected chi connectivity index (χ3v) is 7.15. The second-order valence-corrected chi connectivity index (χ2v) is 10.4. The van der Waals surface area contributed by atoms with Gasteiger partial charge in [-0.1, -0.05) is 104 Å². The van der Waals surface area contributed by atoms with Crippen molar-refractivity contribution in [2.24, 2.45) is 11.8 Å². The summed E-state index contributed by atoms with van der Waals surface area (Å²) in [5.74, 6) is 2.71. The van der Waals surface area contributed by atoms with Gasteiger partial charge in [0.15, 0.2) is 0 Å². The van der Waals surface area contributed by atoms with E-state index in [0.717, 1.165) is 41.9 Å². The molecule has 4 nitrogen and oxygen atoms in total. The molecule has 4 aromatic rings. The number of hydrogen-bond acceptors (Lipinski definition) is 4. The predicted molar refractivity (Wildman–Crippen MR) is 164 cm³/mol. The van der Waals surface area contributed by atoms with E-state index < -0.39 is 0 Å². The lowest BCUT2D eigenvalue weighted by Crippen LogP contribution is -2.12. The minimum atomic E-state index is 0.390. The molecule has 0 radical (unpaired) electrons. The molecule has 40 heavy (non-hydrogen) atoms. The van der Waals surface area contributed by atoms with Crippen LogP contribution in [-0.4, -0.2) is 19.9 Å². The second kappa shape index (κ2) is 16.0. The summed E-state index contributed by atoms with van der Waals surface area (Å²) in [6, 6.07) is 32.4.